The molecule has 0 aromatic heterocycles. The number of benzene rings is 2. The highest BCUT2D eigenvalue weighted by Crippen LogP contribution is 2.21. The number of anilines is 1. The maximum absolute atomic E-state index is 13.1. The lowest BCUT2D eigenvalue weighted by molar-refractivity contribution is -0.120. The molecular formula is C19H23FN2O4S. The molecule has 1 atom stereocenters. The monoisotopic (exact) mass is 394 g/mol. The summed E-state index contributed by atoms with van der Waals surface area (Å²) < 4.78 is 43.4. The van der Waals surface area contributed by atoms with E-state index in [-0.39, 0.29) is 11.7 Å². The van der Waals surface area contributed by atoms with Crippen LogP contribution < -0.4 is 14.4 Å². The van der Waals surface area contributed by atoms with Crippen molar-refractivity contribution in [3.05, 3.63) is 59.9 Å². The van der Waals surface area contributed by atoms with E-state index in [9.17, 15) is 17.6 Å². The van der Waals surface area contributed by atoms with E-state index in [0.717, 1.165) is 28.3 Å². The first kappa shape index (κ1) is 20.7. The fraction of sp³-hybridized carbons (Fsp3) is 0.316. The van der Waals surface area contributed by atoms with Crippen LogP contribution in [0.2, 0.25) is 0 Å². The van der Waals surface area contributed by atoms with Gasteiger partial charge in [-0.1, -0.05) is 19.1 Å². The zero-order valence-electron chi connectivity index (χ0n) is 15.5. The molecule has 146 valence electrons. The Bertz CT molecular complexity index is 868. The summed E-state index contributed by atoms with van der Waals surface area (Å²) in [7, 11) is -2.14. The van der Waals surface area contributed by atoms with Gasteiger partial charge in [-0.2, -0.15) is 0 Å². The van der Waals surface area contributed by atoms with Crippen LogP contribution in [0.3, 0.4) is 0 Å². The molecule has 1 N–H and O–H groups in total. The van der Waals surface area contributed by atoms with Gasteiger partial charge >= 0.3 is 0 Å². The van der Waals surface area contributed by atoms with E-state index in [1.54, 1.807) is 19.2 Å². The number of ether oxygens (including phenoxy) is 1. The molecule has 0 bridgehead atoms. The molecule has 2 aromatic carbocycles. The molecule has 0 fully saturated rings. The van der Waals surface area contributed by atoms with E-state index < -0.39 is 28.3 Å². The Hall–Kier alpha value is -2.61. The van der Waals surface area contributed by atoms with Crippen LogP contribution >= 0.6 is 0 Å². The normalized spacial score (nSPS) is 12.3. The molecule has 2 rings (SSSR count). The predicted octanol–water partition coefficient (Wildman–Crippen LogP) is 2.87. The average Bonchev–Trinajstić information content (AvgIpc) is 2.64. The van der Waals surface area contributed by atoms with E-state index >= 15 is 0 Å². The number of sulfonamides is 1. The summed E-state index contributed by atoms with van der Waals surface area (Å²) in [5, 5.41) is 2.84. The predicted molar refractivity (Wildman–Crippen MR) is 103 cm³/mol. The first-order valence-electron chi connectivity index (χ1n) is 8.41. The van der Waals surface area contributed by atoms with E-state index in [1.165, 1.54) is 12.1 Å². The number of carbonyl (C=O) groups is 1. The number of hydrogen-bond donors (Lipinski definition) is 1. The van der Waals surface area contributed by atoms with Crippen molar-refractivity contribution in [2.45, 2.75) is 19.4 Å². The van der Waals surface area contributed by atoms with Gasteiger partial charge in [0.15, 0.2) is 0 Å². The summed E-state index contributed by atoms with van der Waals surface area (Å²) in [5.41, 5.74) is 1.12. The van der Waals surface area contributed by atoms with Crippen molar-refractivity contribution in [3.63, 3.8) is 0 Å². The van der Waals surface area contributed by atoms with Crippen molar-refractivity contribution < 1.29 is 22.3 Å². The van der Waals surface area contributed by atoms with Crippen molar-refractivity contribution >= 4 is 21.6 Å². The minimum Gasteiger partial charge on any atom is -0.497 e. The summed E-state index contributed by atoms with van der Waals surface area (Å²) in [6, 6.07) is 12.0. The van der Waals surface area contributed by atoms with Gasteiger partial charge in [0.2, 0.25) is 15.9 Å². The Morgan fingerprint density at radius 3 is 2.22 bits per heavy atom. The van der Waals surface area contributed by atoms with Gasteiger partial charge in [0, 0.05) is 0 Å². The molecule has 0 heterocycles. The topological polar surface area (TPSA) is 75.7 Å². The summed E-state index contributed by atoms with van der Waals surface area (Å²) in [5.74, 6) is -0.228. The van der Waals surface area contributed by atoms with Crippen molar-refractivity contribution in [2.24, 2.45) is 0 Å². The van der Waals surface area contributed by atoms with Crippen molar-refractivity contribution in [2.75, 3.05) is 24.2 Å². The molecule has 0 unspecified atom stereocenters. The van der Waals surface area contributed by atoms with Gasteiger partial charge in [0.25, 0.3) is 0 Å². The van der Waals surface area contributed by atoms with Gasteiger partial charge in [0.05, 0.1) is 25.1 Å². The standard InChI is InChI=1S/C19H23FN2O4S/c1-4-18(14-5-11-17(26-2)12-6-14)21-19(23)13-22(27(3,24)25)16-9-7-15(20)8-10-16/h5-12,18H,4,13H2,1-3H3,(H,21,23)/t18-/m0/s1. The van der Waals surface area contributed by atoms with E-state index in [4.69, 9.17) is 4.74 Å². The van der Waals surface area contributed by atoms with Crippen LogP contribution in [0.25, 0.3) is 0 Å². The second kappa shape index (κ2) is 8.85. The first-order valence-corrected chi connectivity index (χ1v) is 10.3. The van der Waals surface area contributed by atoms with Crippen LogP contribution in [0.4, 0.5) is 10.1 Å². The molecule has 8 heteroatoms. The van der Waals surface area contributed by atoms with Crippen LogP contribution in [0, 0.1) is 5.82 Å². The second-order valence-electron chi connectivity index (χ2n) is 6.05. The van der Waals surface area contributed by atoms with Gasteiger partial charge in [-0.15, -0.1) is 0 Å². The molecule has 27 heavy (non-hydrogen) atoms. The maximum Gasteiger partial charge on any atom is 0.241 e. The Balaban J connectivity index is 2.15. The van der Waals surface area contributed by atoms with Gasteiger partial charge in [-0.3, -0.25) is 9.10 Å². The van der Waals surface area contributed by atoms with Crippen LogP contribution in [-0.4, -0.2) is 34.2 Å². The lowest BCUT2D eigenvalue weighted by Crippen LogP contribution is -2.41. The second-order valence-corrected chi connectivity index (χ2v) is 7.95. The van der Waals surface area contributed by atoms with E-state index in [0.29, 0.717) is 12.2 Å². The molecule has 6 nitrogen and oxygen atoms in total. The number of methoxy groups -OCH3 is 1. The fourth-order valence-corrected chi connectivity index (χ4v) is 3.49. The number of halogens is 1. The third-order valence-electron chi connectivity index (χ3n) is 4.06. The number of hydrogen-bond acceptors (Lipinski definition) is 4. The minimum absolute atomic E-state index is 0.228. The van der Waals surface area contributed by atoms with Crippen LogP contribution in [0.15, 0.2) is 48.5 Å². The largest absolute Gasteiger partial charge is 0.497 e. The molecule has 1 amide bonds. The fourth-order valence-electron chi connectivity index (χ4n) is 2.64. The number of carbonyl (C=O) groups excluding carboxylic acids is 1. The summed E-state index contributed by atoms with van der Waals surface area (Å²) in [4.78, 5) is 12.5. The summed E-state index contributed by atoms with van der Waals surface area (Å²) >= 11 is 0. The highest BCUT2D eigenvalue weighted by atomic mass is 32.2. The first-order chi connectivity index (χ1) is 12.7. The van der Waals surface area contributed by atoms with Gasteiger partial charge < -0.3 is 10.1 Å². The van der Waals surface area contributed by atoms with Crippen molar-refractivity contribution in [1.82, 2.24) is 5.32 Å². The van der Waals surface area contributed by atoms with Gasteiger partial charge in [0.1, 0.15) is 18.1 Å². The third-order valence-corrected chi connectivity index (χ3v) is 5.20. The highest BCUT2D eigenvalue weighted by Gasteiger charge is 2.22. The Morgan fingerprint density at radius 2 is 1.74 bits per heavy atom. The zero-order chi connectivity index (χ0) is 20.0. The smallest absolute Gasteiger partial charge is 0.241 e. The van der Waals surface area contributed by atoms with E-state index in [1.807, 2.05) is 19.1 Å². The zero-order valence-corrected chi connectivity index (χ0v) is 16.3. The van der Waals surface area contributed by atoms with Crippen LogP contribution in [-0.2, 0) is 14.8 Å². The number of nitrogens with one attached hydrogen (secondary N) is 1. The molecule has 0 aliphatic carbocycles. The highest BCUT2D eigenvalue weighted by molar-refractivity contribution is 7.92. The SMILES string of the molecule is CC[C@H](NC(=O)CN(c1ccc(F)cc1)S(C)(=O)=O)c1ccc(OC)cc1. The molecule has 0 spiro atoms. The number of amides is 1. The third kappa shape index (κ3) is 5.68. The summed E-state index contributed by atoms with van der Waals surface area (Å²) in [6.45, 7) is 1.53. The molecule has 0 aliphatic rings. The minimum atomic E-state index is -3.71. The van der Waals surface area contributed by atoms with Crippen molar-refractivity contribution in [3.8, 4) is 5.75 Å². The molecular weight excluding hydrogens is 371 g/mol. The van der Waals surface area contributed by atoms with Gasteiger partial charge in [-0.05, 0) is 48.4 Å². The number of rotatable bonds is 8. The lowest BCUT2D eigenvalue weighted by atomic mass is 10.0. The quantitative estimate of drug-likeness (QED) is 0.747. The molecule has 2 aromatic rings. The van der Waals surface area contributed by atoms with Crippen molar-refractivity contribution in [1.29, 1.82) is 0 Å². The van der Waals surface area contributed by atoms with Crippen LogP contribution in [0.1, 0.15) is 24.9 Å². The molecule has 0 radical (unpaired) electrons. The van der Waals surface area contributed by atoms with Gasteiger partial charge in [-0.25, -0.2) is 12.8 Å². The lowest BCUT2D eigenvalue weighted by Gasteiger charge is -2.24. The Morgan fingerprint density at radius 1 is 1.15 bits per heavy atom. The van der Waals surface area contributed by atoms with Crippen LogP contribution in [0.5, 0.6) is 5.75 Å². The molecule has 0 aliphatic heterocycles. The molecule has 0 saturated heterocycles. The Labute approximate surface area is 159 Å². The Kier molecular flexibility index (Phi) is 6.79. The maximum atomic E-state index is 13.1. The number of nitrogens with zero attached hydrogens (tertiary/aromatic N) is 1. The average molecular weight is 394 g/mol. The molecule has 0 saturated carbocycles. The van der Waals surface area contributed by atoms with E-state index in [2.05, 4.69) is 5.32 Å². The summed E-state index contributed by atoms with van der Waals surface area (Å²) in [6.07, 6.45) is 1.64.